The van der Waals surface area contributed by atoms with E-state index in [9.17, 15) is 23.5 Å². The number of piperazine rings is 1. The molecule has 0 saturated carbocycles. The van der Waals surface area contributed by atoms with Gasteiger partial charge in [-0.05, 0) is 0 Å². The van der Waals surface area contributed by atoms with Crippen molar-refractivity contribution >= 4 is 0 Å². The molecule has 1 aliphatic heterocycles. The molecule has 9 nitrogen and oxygen atoms in total. The van der Waals surface area contributed by atoms with E-state index >= 15 is 0 Å². The summed E-state index contributed by atoms with van der Waals surface area (Å²) in [6.45, 7) is 5.28. The van der Waals surface area contributed by atoms with Crippen LogP contribution < -0.4 is 18.9 Å². The van der Waals surface area contributed by atoms with E-state index in [1.807, 2.05) is 0 Å². The van der Waals surface area contributed by atoms with Crippen molar-refractivity contribution in [3.63, 3.8) is 0 Å². The van der Waals surface area contributed by atoms with E-state index in [2.05, 4.69) is 13.5 Å². The molecule has 0 bridgehead atoms. The zero-order valence-electron chi connectivity index (χ0n) is 7.66. The molecule has 1 fully saturated rings. The summed E-state index contributed by atoms with van der Waals surface area (Å²) in [4.78, 5) is 0. The van der Waals surface area contributed by atoms with Crippen molar-refractivity contribution in [3.05, 3.63) is 0 Å². The predicted octanol–water partition coefficient (Wildman–Crippen LogP) is -5.80. The summed E-state index contributed by atoms with van der Waals surface area (Å²) in [5.41, 5.74) is 0. The Labute approximate surface area is 90.6 Å². The molecule has 15 heavy (non-hydrogen) atoms. The second-order valence-electron chi connectivity index (χ2n) is 2.62. The van der Waals surface area contributed by atoms with E-state index in [1.54, 1.807) is 0 Å². The number of hydrogen-bond donors (Lipinski definition) is 2. The summed E-state index contributed by atoms with van der Waals surface area (Å²) >= 11 is -12.1. The van der Waals surface area contributed by atoms with Crippen LogP contribution in [0, 0.1) is 0 Å². The van der Waals surface area contributed by atoms with Gasteiger partial charge in [-0.25, -0.2) is 0 Å². The van der Waals surface area contributed by atoms with Gasteiger partial charge in [-0.15, -0.1) is 0 Å². The van der Waals surface area contributed by atoms with Gasteiger partial charge in [-0.1, -0.05) is 0 Å². The maximum absolute atomic E-state index is 9.38. The summed E-state index contributed by atoms with van der Waals surface area (Å²) in [5.74, 6) is 0. The summed E-state index contributed by atoms with van der Waals surface area (Å²) in [6.07, 6.45) is 0. The van der Waals surface area contributed by atoms with Crippen LogP contribution in [0.4, 0.5) is 0 Å². The zero-order chi connectivity index (χ0) is 11.9. The molecule has 0 aromatic carbocycles. The second kappa shape index (κ2) is 6.61. The first-order valence-electron chi connectivity index (χ1n) is 3.97. The minimum atomic E-state index is -6.07. The predicted molar refractivity (Wildman–Crippen MR) is 27.1 cm³/mol. The molecule has 0 atom stereocenters. The molecule has 1 heterocycles. The Morgan fingerprint density at radius 3 is 1.13 bits per heavy atom. The van der Waals surface area contributed by atoms with Crippen LogP contribution in [0.1, 0.15) is 0 Å². The summed E-state index contributed by atoms with van der Waals surface area (Å²) in [5, 5.41) is 4.72. The molecule has 0 unspecified atom stereocenters. The van der Waals surface area contributed by atoms with Crippen molar-refractivity contribution in [2.75, 3.05) is 26.2 Å². The van der Waals surface area contributed by atoms with Crippen LogP contribution in [0.3, 0.4) is 0 Å². The monoisotopic (exact) mass is 304 g/mol. The number of hydrogen-bond acceptors (Lipinski definition) is 7. The molecule has 4 N–H and O–H groups in total. The Hall–Kier alpha value is 0.0649. The Balaban J connectivity index is 0.000000280. The standard InChI is InChI=1S/C4H10N2.2Cr.7O/c1-2-6-4-3-5-1;;;;;;;;;/h5-6H,1-4H2;;;;;;;;;/q;;;;;;;;2*-1/p+2. The number of quaternary nitrogens is 2. The van der Waals surface area contributed by atoms with Gasteiger partial charge < -0.3 is 10.6 Å². The number of nitrogens with two attached hydrogens (primary N) is 2. The third-order valence-corrected chi connectivity index (χ3v) is 3.98. The van der Waals surface area contributed by atoms with Crippen molar-refractivity contribution in [2.24, 2.45) is 0 Å². The zero-order valence-corrected chi connectivity index (χ0v) is 10.2. The van der Waals surface area contributed by atoms with Gasteiger partial charge in [0.1, 0.15) is 26.2 Å². The quantitative estimate of drug-likeness (QED) is 0.514. The fourth-order valence-corrected chi connectivity index (χ4v) is 2.50. The summed E-state index contributed by atoms with van der Waals surface area (Å²) in [7, 11) is 0. The van der Waals surface area contributed by atoms with Crippen molar-refractivity contribution in [2.45, 2.75) is 0 Å². The average molecular weight is 304 g/mol. The van der Waals surface area contributed by atoms with Crippen LogP contribution in [0.2, 0.25) is 0 Å². The molecule has 0 aromatic rings. The topological polar surface area (TPSA) is 157 Å². The van der Waals surface area contributed by atoms with Crippen LogP contribution in [0.25, 0.3) is 0 Å². The normalized spacial score (nSPS) is 17.7. The van der Waals surface area contributed by atoms with Crippen LogP contribution >= 0.6 is 0 Å². The van der Waals surface area contributed by atoms with Gasteiger partial charge in [0.15, 0.2) is 0 Å². The van der Waals surface area contributed by atoms with Gasteiger partial charge in [0.25, 0.3) is 0 Å². The van der Waals surface area contributed by atoms with Crippen molar-refractivity contribution in [1.82, 2.24) is 0 Å². The van der Waals surface area contributed by atoms with Gasteiger partial charge in [0.05, 0.1) is 0 Å². The van der Waals surface area contributed by atoms with Gasteiger partial charge in [0.2, 0.25) is 0 Å². The third-order valence-electron chi connectivity index (χ3n) is 1.32. The van der Waals surface area contributed by atoms with Crippen LogP contribution in [0.15, 0.2) is 0 Å². The first-order valence-corrected chi connectivity index (χ1v) is 8.13. The Kier molecular flexibility index (Phi) is 6.63. The van der Waals surface area contributed by atoms with E-state index in [4.69, 9.17) is 0 Å². The summed E-state index contributed by atoms with van der Waals surface area (Å²) in [6, 6.07) is 0. The summed E-state index contributed by atoms with van der Waals surface area (Å²) < 4.78 is 58.9. The molecule has 0 spiro atoms. The maximum atomic E-state index is 9.38. The fourth-order valence-electron chi connectivity index (χ4n) is 0.862. The van der Waals surface area contributed by atoms with Crippen molar-refractivity contribution in [1.29, 1.82) is 0 Å². The average Bonchev–Trinajstić information content (AvgIpc) is 2.01. The van der Waals surface area contributed by atoms with E-state index in [-0.39, 0.29) is 0 Å². The molecule has 11 heteroatoms. The van der Waals surface area contributed by atoms with Crippen LogP contribution in [0.5, 0.6) is 0 Å². The van der Waals surface area contributed by atoms with E-state index in [0.717, 1.165) is 0 Å². The molecule has 0 radical (unpaired) electrons. The SMILES string of the molecule is C1C[NH2+]CC[NH2+]1.[O]=[Cr](=[O])([O-])[O][Cr](=[O])(=[O])[O-]. The van der Waals surface area contributed by atoms with Crippen molar-refractivity contribution in [3.8, 4) is 0 Å². The van der Waals surface area contributed by atoms with E-state index in [0.29, 0.717) is 0 Å². The van der Waals surface area contributed by atoms with E-state index in [1.165, 1.54) is 26.2 Å². The molecule has 1 saturated heterocycles. The number of rotatable bonds is 2. The molecule has 0 aliphatic carbocycles. The molecular weight excluding hydrogens is 292 g/mol. The first-order chi connectivity index (χ1) is 6.71. The van der Waals surface area contributed by atoms with Gasteiger partial charge in [-0.3, -0.25) is 0 Å². The van der Waals surface area contributed by atoms with Crippen LogP contribution in [-0.2, 0) is 45.3 Å². The van der Waals surface area contributed by atoms with Gasteiger partial charge in [0, 0.05) is 0 Å². The van der Waals surface area contributed by atoms with Crippen molar-refractivity contribution < 1.29 is 64.2 Å². The molecule has 0 aromatic heterocycles. The third kappa shape index (κ3) is 14.1. The van der Waals surface area contributed by atoms with E-state index < -0.39 is 27.2 Å². The Morgan fingerprint density at radius 2 is 1.07 bits per heavy atom. The Bertz CT molecular complexity index is 315. The minimum absolute atomic E-state index is 1.32. The molecule has 1 rings (SSSR count). The first kappa shape index (κ1) is 15.1. The molecule has 92 valence electrons. The second-order valence-corrected chi connectivity index (χ2v) is 6.26. The molecular formula is C4H12Cr2N2O7. The van der Waals surface area contributed by atoms with Crippen LogP contribution in [-0.4, -0.2) is 26.2 Å². The fraction of sp³-hybridized carbons (Fsp3) is 1.00. The Morgan fingerprint density at radius 1 is 0.800 bits per heavy atom. The van der Waals surface area contributed by atoms with Gasteiger partial charge >= 0.3 is 53.6 Å². The van der Waals surface area contributed by atoms with Gasteiger partial charge in [-0.2, -0.15) is 0 Å². The molecule has 1 aliphatic rings. The molecule has 0 amide bonds.